The van der Waals surface area contributed by atoms with Gasteiger partial charge in [-0.2, -0.15) is 0 Å². The fourth-order valence-electron chi connectivity index (χ4n) is 2.85. The molecule has 158 valence electrons. The molecule has 8 heteroatoms. The standard InChI is InChI=1S/C21H19ClF2N2S.CH4N2/c1-14(19-5-3-2-4-15(19)13-25)26(21-12-17(23)8-11-20(21)24)27-18-9-6-16(22)7-10-18;2-1-3/h2-12,14H,13,25H2,1H3;1H,(H3,2,3). The zero-order chi connectivity index (χ0) is 22.1. The first kappa shape index (κ1) is 23.7. The minimum atomic E-state index is -0.493. The number of nitrogens with two attached hydrogens (primary N) is 2. The maximum atomic E-state index is 14.6. The summed E-state index contributed by atoms with van der Waals surface area (Å²) in [6, 6.07) is 18.2. The molecule has 30 heavy (non-hydrogen) atoms. The number of rotatable bonds is 6. The SMILES string of the molecule is CC(c1ccccc1CN)N(Sc1ccc(Cl)cc1)c1cc(F)ccc1F.N=CN. The van der Waals surface area contributed by atoms with Crippen molar-refractivity contribution in [2.24, 2.45) is 11.5 Å². The molecule has 0 amide bonds. The van der Waals surface area contributed by atoms with E-state index in [4.69, 9.17) is 22.7 Å². The van der Waals surface area contributed by atoms with Crippen LogP contribution in [0.25, 0.3) is 0 Å². The van der Waals surface area contributed by atoms with Crippen LogP contribution in [0.1, 0.15) is 24.1 Å². The Morgan fingerprint density at radius 2 is 1.73 bits per heavy atom. The monoisotopic (exact) mass is 448 g/mol. The third-order valence-electron chi connectivity index (χ3n) is 4.24. The van der Waals surface area contributed by atoms with Crippen LogP contribution in [0.2, 0.25) is 5.02 Å². The second-order valence-corrected chi connectivity index (χ2v) is 7.70. The van der Waals surface area contributed by atoms with Crippen LogP contribution in [0, 0.1) is 17.0 Å². The Hall–Kier alpha value is -2.61. The van der Waals surface area contributed by atoms with E-state index in [0.717, 1.165) is 34.5 Å². The molecule has 0 saturated carbocycles. The highest BCUT2D eigenvalue weighted by Crippen LogP contribution is 2.39. The van der Waals surface area contributed by atoms with Crippen LogP contribution in [0.15, 0.2) is 71.6 Å². The van der Waals surface area contributed by atoms with E-state index < -0.39 is 11.6 Å². The van der Waals surface area contributed by atoms with Gasteiger partial charge in [0.2, 0.25) is 0 Å². The van der Waals surface area contributed by atoms with Crippen molar-refractivity contribution in [3.63, 3.8) is 0 Å². The van der Waals surface area contributed by atoms with Crippen molar-refractivity contribution in [2.75, 3.05) is 4.31 Å². The van der Waals surface area contributed by atoms with Gasteiger partial charge in [-0.1, -0.05) is 35.9 Å². The highest BCUT2D eigenvalue weighted by molar-refractivity contribution is 8.00. The molecule has 3 aromatic carbocycles. The molecule has 4 nitrogen and oxygen atoms in total. The molecule has 1 unspecified atom stereocenters. The number of nitrogens with zero attached hydrogens (tertiary/aromatic N) is 1. The lowest BCUT2D eigenvalue weighted by Gasteiger charge is -2.31. The number of halogens is 3. The Bertz CT molecular complexity index is 970. The average molecular weight is 449 g/mol. The summed E-state index contributed by atoms with van der Waals surface area (Å²) in [7, 11) is 0. The van der Waals surface area contributed by atoms with Crippen LogP contribution >= 0.6 is 23.5 Å². The Morgan fingerprint density at radius 3 is 2.37 bits per heavy atom. The van der Waals surface area contributed by atoms with E-state index in [1.807, 2.05) is 43.3 Å². The molecule has 3 aromatic rings. The van der Waals surface area contributed by atoms with E-state index in [-0.39, 0.29) is 11.7 Å². The molecule has 1 atom stereocenters. The van der Waals surface area contributed by atoms with Gasteiger partial charge in [0.1, 0.15) is 11.6 Å². The van der Waals surface area contributed by atoms with Crippen molar-refractivity contribution in [2.45, 2.75) is 24.4 Å². The van der Waals surface area contributed by atoms with Crippen LogP contribution in [0.5, 0.6) is 0 Å². The minimum absolute atomic E-state index is 0.175. The van der Waals surface area contributed by atoms with E-state index in [1.54, 1.807) is 16.4 Å². The van der Waals surface area contributed by atoms with Gasteiger partial charge in [-0.15, -0.1) is 0 Å². The lowest BCUT2D eigenvalue weighted by Crippen LogP contribution is -2.22. The number of hydrogen-bond acceptors (Lipinski definition) is 4. The van der Waals surface area contributed by atoms with E-state index in [9.17, 15) is 8.78 Å². The van der Waals surface area contributed by atoms with Crippen LogP contribution in [0.4, 0.5) is 14.5 Å². The molecule has 0 bridgehead atoms. The topological polar surface area (TPSA) is 79.1 Å². The molecule has 0 aliphatic rings. The molecule has 3 rings (SSSR count). The van der Waals surface area contributed by atoms with Gasteiger partial charge in [-0.05, 0) is 66.4 Å². The largest absolute Gasteiger partial charge is 0.390 e. The van der Waals surface area contributed by atoms with Crippen molar-refractivity contribution < 1.29 is 8.78 Å². The summed E-state index contributed by atoms with van der Waals surface area (Å²) in [5, 5.41) is 6.48. The summed E-state index contributed by atoms with van der Waals surface area (Å²) in [5.74, 6) is -0.984. The molecule has 0 fully saturated rings. The van der Waals surface area contributed by atoms with Gasteiger partial charge in [0, 0.05) is 22.5 Å². The lowest BCUT2D eigenvalue weighted by molar-refractivity contribution is 0.596. The molecule has 0 heterocycles. The highest BCUT2D eigenvalue weighted by Gasteiger charge is 2.23. The van der Waals surface area contributed by atoms with Crippen LogP contribution in [-0.2, 0) is 6.54 Å². The van der Waals surface area contributed by atoms with Crippen molar-refractivity contribution in [3.05, 3.63) is 94.5 Å². The van der Waals surface area contributed by atoms with Gasteiger partial charge in [0.25, 0.3) is 0 Å². The molecule has 0 spiro atoms. The Kier molecular flexibility index (Phi) is 9.11. The molecule has 0 aromatic heterocycles. The number of anilines is 1. The predicted octanol–water partition coefficient (Wildman–Crippen LogP) is 5.90. The van der Waals surface area contributed by atoms with Crippen LogP contribution in [-0.4, -0.2) is 6.34 Å². The summed E-state index contributed by atoms with van der Waals surface area (Å²) >= 11 is 7.29. The van der Waals surface area contributed by atoms with Gasteiger partial charge in [0.15, 0.2) is 0 Å². The summed E-state index contributed by atoms with van der Waals surface area (Å²) in [6.07, 6.45) is 0.750. The van der Waals surface area contributed by atoms with Crippen LogP contribution < -0.4 is 15.8 Å². The van der Waals surface area contributed by atoms with Crippen LogP contribution in [0.3, 0.4) is 0 Å². The van der Waals surface area contributed by atoms with Gasteiger partial charge < -0.3 is 15.8 Å². The van der Waals surface area contributed by atoms with E-state index in [2.05, 4.69) is 5.73 Å². The first-order valence-corrected chi connectivity index (χ1v) is 10.2. The summed E-state index contributed by atoms with van der Waals surface area (Å²) in [6.45, 7) is 2.31. The number of nitrogens with one attached hydrogen (secondary N) is 1. The fourth-order valence-corrected chi connectivity index (χ4v) is 3.98. The average Bonchev–Trinajstić information content (AvgIpc) is 2.75. The second-order valence-electron chi connectivity index (χ2n) is 6.21. The number of benzene rings is 3. The van der Waals surface area contributed by atoms with Crippen molar-refractivity contribution in [1.82, 2.24) is 0 Å². The maximum Gasteiger partial charge on any atom is 0.147 e. The quantitative estimate of drug-likeness (QED) is 0.249. The highest BCUT2D eigenvalue weighted by atomic mass is 35.5. The van der Waals surface area contributed by atoms with E-state index in [1.165, 1.54) is 18.0 Å². The predicted molar refractivity (Wildman–Crippen MR) is 122 cm³/mol. The Balaban J connectivity index is 0.00000101. The maximum absolute atomic E-state index is 14.6. The van der Waals surface area contributed by atoms with Crippen molar-refractivity contribution in [1.29, 1.82) is 5.41 Å². The third kappa shape index (κ3) is 6.19. The second kappa shape index (κ2) is 11.5. The molecular formula is C22H23ClF2N4S. The van der Waals surface area contributed by atoms with Crippen molar-refractivity contribution in [3.8, 4) is 0 Å². The van der Waals surface area contributed by atoms with Gasteiger partial charge in [-0.3, -0.25) is 5.41 Å². The summed E-state index contributed by atoms with van der Waals surface area (Å²) < 4.78 is 30.2. The molecule has 0 radical (unpaired) electrons. The Labute approximate surface area is 184 Å². The molecule has 0 saturated heterocycles. The molecule has 0 aliphatic heterocycles. The van der Waals surface area contributed by atoms with E-state index >= 15 is 0 Å². The van der Waals surface area contributed by atoms with E-state index in [0.29, 0.717) is 11.6 Å². The third-order valence-corrected chi connectivity index (χ3v) is 5.68. The minimum Gasteiger partial charge on any atom is -0.390 e. The zero-order valence-electron chi connectivity index (χ0n) is 16.4. The summed E-state index contributed by atoms with van der Waals surface area (Å²) in [5.41, 5.74) is 12.4. The number of hydrogen-bond donors (Lipinski definition) is 3. The molecular weight excluding hydrogens is 426 g/mol. The fraction of sp³-hybridized carbons (Fsp3) is 0.136. The van der Waals surface area contributed by atoms with Gasteiger partial charge >= 0.3 is 0 Å². The smallest absolute Gasteiger partial charge is 0.147 e. The zero-order valence-corrected chi connectivity index (χ0v) is 17.9. The normalized spacial score (nSPS) is 11.2. The Morgan fingerprint density at radius 1 is 1.10 bits per heavy atom. The lowest BCUT2D eigenvalue weighted by atomic mass is 10.0. The first-order chi connectivity index (χ1) is 14.4. The molecule has 0 aliphatic carbocycles. The van der Waals surface area contributed by atoms with Crippen molar-refractivity contribution >= 4 is 35.6 Å². The van der Waals surface area contributed by atoms with Gasteiger partial charge in [0.05, 0.1) is 18.1 Å². The molecule has 5 N–H and O–H groups in total. The first-order valence-electron chi connectivity index (χ1n) is 9.07. The summed E-state index contributed by atoms with van der Waals surface area (Å²) in [4.78, 5) is 0.861. The van der Waals surface area contributed by atoms with Gasteiger partial charge in [-0.25, -0.2) is 8.78 Å².